The number of hydrogen-bond acceptors (Lipinski definition) is 1. The van der Waals surface area contributed by atoms with Gasteiger partial charge in [0.1, 0.15) is 6.07 Å². The molecule has 0 bridgehead atoms. The zero-order valence-corrected chi connectivity index (χ0v) is 16.3. The van der Waals surface area contributed by atoms with E-state index < -0.39 is 0 Å². The second-order valence-electron chi connectivity index (χ2n) is 8.04. The molecule has 4 rings (SSSR count). The van der Waals surface area contributed by atoms with Crippen molar-refractivity contribution in [3.05, 3.63) is 33.8 Å². The lowest BCUT2D eigenvalue weighted by atomic mass is 9.54. The summed E-state index contributed by atoms with van der Waals surface area (Å²) in [4.78, 5) is 0. The Morgan fingerprint density at radius 3 is 2.62 bits per heavy atom. The quantitative estimate of drug-likeness (QED) is 0.512. The maximum Gasteiger partial charge on any atom is 0.101 e. The van der Waals surface area contributed by atoms with Crippen LogP contribution in [0.4, 0.5) is 0 Å². The summed E-state index contributed by atoms with van der Waals surface area (Å²) in [6.45, 7) is 9.01. The van der Waals surface area contributed by atoms with Gasteiger partial charge in [-0.25, -0.2) is 0 Å². The normalized spacial score (nSPS) is 36.5. The lowest BCUT2D eigenvalue weighted by Crippen LogP contribution is -2.41. The van der Waals surface area contributed by atoms with Crippen molar-refractivity contribution in [2.75, 3.05) is 0 Å². The summed E-state index contributed by atoms with van der Waals surface area (Å²) in [5, 5.41) is 10.1. The molecule has 130 valence electrons. The molecule has 0 radical (unpaired) electrons. The van der Waals surface area contributed by atoms with Gasteiger partial charge in [0, 0.05) is 0 Å². The second-order valence-corrected chi connectivity index (χ2v) is 8.45. The third-order valence-corrected chi connectivity index (χ3v) is 7.76. The van der Waals surface area contributed by atoms with Crippen LogP contribution in [0.15, 0.2) is 12.1 Å². The fourth-order valence-electron chi connectivity index (χ4n) is 6.02. The van der Waals surface area contributed by atoms with Crippen LogP contribution in [0.3, 0.4) is 0 Å². The summed E-state index contributed by atoms with van der Waals surface area (Å²) in [6.07, 6.45) is 7.75. The molecule has 2 saturated carbocycles. The maximum absolute atomic E-state index is 9.46. The molecule has 3 aliphatic rings. The average Bonchev–Trinajstić information content (AvgIpc) is 2.91. The molecule has 0 aromatic heterocycles. The van der Waals surface area contributed by atoms with Gasteiger partial charge in [0.15, 0.2) is 0 Å². The predicted molar refractivity (Wildman–Crippen MR) is 101 cm³/mol. The van der Waals surface area contributed by atoms with Gasteiger partial charge in [0.05, 0.1) is 10.6 Å². The summed E-state index contributed by atoms with van der Waals surface area (Å²) >= 11 is 6.24. The third kappa shape index (κ3) is 2.50. The molecule has 4 unspecified atom stereocenters. The first kappa shape index (κ1) is 17.8. The number of benzene rings is 1. The standard InChI is InChI=1S/C20H24ClN.C2H6/c1-12-3-7-18-16-5-4-14-13(6-8-19(21)17(14)11-22)15(16)9-10-20(12,18)2;1-2/h6,8,12,15-16,18H,3-5,7,9-10H2,1-2H3;1-2H3/t12?,15?,16?,18?,20-;/m1./s1. The first-order valence-electron chi connectivity index (χ1n) is 9.77. The molecule has 0 N–H and O–H groups in total. The van der Waals surface area contributed by atoms with E-state index in [1.165, 1.54) is 43.2 Å². The van der Waals surface area contributed by atoms with E-state index in [0.717, 1.165) is 29.7 Å². The van der Waals surface area contributed by atoms with Crippen molar-refractivity contribution in [1.29, 1.82) is 5.26 Å². The van der Waals surface area contributed by atoms with Crippen LogP contribution in [-0.2, 0) is 6.42 Å². The highest BCUT2D eigenvalue weighted by Crippen LogP contribution is 2.63. The Balaban J connectivity index is 0.000000815. The van der Waals surface area contributed by atoms with Crippen LogP contribution in [0, 0.1) is 34.5 Å². The van der Waals surface area contributed by atoms with Crippen molar-refractivity contribution < 1.29 is 0 Å². The highest BCUT2D eigenvalue weighted by molar-refractivity contribution is 6.31. The number of rotatable bonds is 0. The highest BCUT2D eigenvalue weighted by Gasteiger charge is 2.53. The minimum atomic E-state index is 0.559. The van der Waals surface area contributed by atoms with E-state index in [9.17, 15) is 5.26 Å². The number of hydrogen-bond donors (Lipinski definition) is 0. The smallest absolute Gasteiger partial charge is 0.101 e. The molecule has 1 aromatic carbocycles. The van der Waals surface area contributed by atoms with Gasteiger partial charge in [-0.1, -0.05) is 45.4 Å². The van der Waals surface area contributed by atoms with Crippen LogP contribution in [-0.4, -0.2) is 0 Å². The topological polar surface area (TPSA) is 23.8 Å². The van der Waals surface area contributed by atoms with Gasteiger partial charge in [0.25, 0.3) is 0 Å². The van der Waals surface area contributed by atoms with E-state index in [1.807, 2.05) is 19.9 Å². The molecule has 0 saturated heterocycles. The van der Waals surface area contributed by atoms with Crippen LogP contribution < -0.4 is 0 Å². The van der Waals surface area contributed by atoms with E-state index in [0.29, 0.717) is 16.4 Å². The molecule has 2 heteroatoms. The van der Waals surface area contributed by atoms with Crippen molar-refractivity contribution in [2.24, 2.45) is 23.2 Å². The lowest BCUT2D eigenvalue weighted by Gasteiger charge is -2.50. The zero-order valence-electron chi connectivity index (χ0n) is 15.5. The number of nitrogens with zero attached hydrogens (tertiary/aromatic N) is 1. The molecule has 24 heavy (non-hydrogen) atoms. The number of halogens is 1. The molecule has 2 fully saturated rings. The van der Waals surface area contributed by atoms with Crippen LogP contribution in [0.5, 0.6) is 0 Å². The van der Waals surface area contributed by atoms with Gasteiger partial charge >= 0.3 is 0 Å². The number of fused-ring (bicyclic) bond motifs is 5. The summed E-state index contributed by atoms with van der Waals surface area (Å²) in [5.74, 6) is 3.25. The molecule has 0 heterocycles. The monoisotopic (exact) mass is 343 g/mol. The number of nitriles is 1. The molecule has 1 aromatic rings. The van der Waals surface area contributed by atoms with Crippen LogP contribution in [0.1, 0.15) is 82.4 Å². The largest absolute Gasteiger partial charge is 0.192 e. The molecular formula is C22H30ClN. The zero-order chi connectivity index (χ0) is 17.5. The second kappa shape index (κ2) is 6.72. The van der Waals surface area contributed by atoms with Crippen LogP contribution in [0.2, 0.25) is 5.02 Å². The summed E-state index contributed by atoms with van der Waals surface area (Å²) in [6, 6.07) is 6.52. The molecule has 3 aliphatic carbocycles. The Morgan fingerprint density at radius 2 is 1.92 bits per heavy atom. The van der Waals surface area contributed by atoms with Crippen molar-refractivity contribution in [3.63, 3.8) is 0 Å². The molecule has 0 spiro atoms. The summed E-state index contributed by atoms with van der Waals surface area (Å²) in [5.41, 5.74) is 4.00. The fourth-order valence-corrected chi connectivity index (χ4v) is 6.24. The lowest BCUT2D eigenvalue weighted by molar-refractivity contribution is 0.0336. The molecule has 0 aliphatic heterocycles. The predicted octanol–water partition coefficient (Wildman–Crippen LogP) is 6.73. The van der Waals surface area contributed by atoms with Gasteiger partial charge in [-0.3, -0.25) is 0 Å². The third-order valence-electron chi connectivity index (χ3n) is 7.45. The van der Waals surface area contributed by atoms with Crippen LogP contribution >= 0.6 is 11.6 Å². The highest BCUT2D eigenvalue weighted by atomic mass is 35.5. The van der Waals surface area contributed by atoms with Gasteiger partial charge < -0.3 is 0 Å². The van der Waals surface area contributed by atoms with E-state index in [-0.39, 0.29) is 0 Å². The SMILES string of the molecule is CC.CC1CCC2C3CCc4c(ccc(Cl)c4C#N)C3CC[C@]12C. The average molecular weight is 344 g/mol. The Hall–Kier alpha value is -1.00. The van der Waals surface area contributed by atoms with Crippen molar-refractivity contribution in [2.45, 2.75) is 72.1 Å². The first-order valence-corrected chi connectivity index (χ1v) is 10.2. The Kier molecular flexibility index (Phi) is 4.99. The van der Waals surface area contributed by atoms with Gasteiger partial charge in [-0.15, -0.1) is 0 Å². The van der Waals surface area contributed by atoms with Gasteiger partial charge in [-0.2, -0.15) is 5.26 Å². The molecule has 5 atom stereocenters. The van der Waals surface area contributed by atoms with E-state index in [1.54, 1.807) is 0 Å². The minimum absolute atomic E-state index is 0.559. The Labute approximate surface area is 152 Å². The van der Waals surface area contributed by atoms with Crippen LogP contribution in [0.25, 0.3) is 0 Å². The van der Waals surface area contributed by atoms with E-state index in [4.69, 9.17) is 11.6 Å². The molecule has 0 amide bonds. The fraction of sp³-hybridized carbons (Fsp3) is 0.682. The van der Waals surface area contributed by atoms with Crippen molar-refractivity contribution in [3.8, 4) is 6.07 Å². The summed E-state index contributed by atoms with van der Waals surface area (Å²) in [7, 11) is 0. The molecule has 1 nitrogen and oxygen atoms in total. The van der Waals surface area contributed by atoms with Gasteiger partial charge in [0.2, 0.25) is 0 Å². The minimum Gasteiger partial charge on any atom is -0.192 e. The summed E-state index contributed by atoms with van der Waals surface area (Å²) < 4.78 is 0. The molecular weight excluding hydrogens is 314 g/mol. The Morgan fingerprint density at radius 1 is 1.17 bits per heavy atom. The Bertz CT molecular complexity index is 659. The van der Waals surface area contributed by atoms with E-state index >= 15 is 0 Å². The van der Waals surface area contributed by atoms with E-state index in [2.05, 4.69) is 26.0 Å². The first-order chi connectivity index (χ1) is 11.6. The maximum atomic E-state index is 9.46. The van der Waals surface area contributed by atoms with Crippen molar-refractivity contribution in [1.82, 2.24) is 0 Å². The van der Waals surface area contributed by atoms with Gasteiger partial charge in [-0.05, 0) is 84.8 Å². The van der Waals surface area contributed by atoms with Crippen molar-refractivity contribution >= 4 is 11.6 Å².